The predicted molar refractivity (Wildman–Crippen MR) is 118 cm³/mol. The SMILES string of the molecule is Cc1nc(N2CCC[C@@H](N)C2)n(Cc2ccccc2C#N)c(=O)c1-c1ccccc1. The van der Waals surface area contributed by atoms with Crippen molar-refractivity contribution in [3.63, 3.8) is 0 Å². The first kappa shape index (κ1) is 19.9. The van der Waals surface area contributed by atoms with E-state index in [1.807, 2.05) is 55.5 Å². The Balaban J connectivity index is 1.90. The molecule has 1 fully saturated rings. The van der Waals surface area contributed by atoms with Crippen molar-refractivity contribution in [2.24, 2.45) is 5.73 Å². The van der Waals surface area contributed by atoms with Gasteiger partial charge in [-0.15, -0.1) is 0 Å². The lowest BCUT2D eigenvalue weighted by atomic mass is 10.0. The van der Waals surface area contributed by atoms with Crippen molar-refractivity contribution in [1.29, 1.82) is 5.26 Å². The molecule has 6 heteroatoms. The molecule has 0 amide bonds. The summed E-state index contributed by atoms with van der Waals surface area (Å²) in [4.78, 5) is 20.7. The summed E-state index contributed by atoms with van der Waals surface area (Å²) < 4.78 is 1.70. The van der Waals surface area contributed by atoms with Gasteiger partial charge in [-0.05, 0) is 37.0 Å². The molecule has 0 radical (unpaired) electrons. The maximum absolute atomic E-state index is 13.7. The summed E-state index contributed by atoms with van der Waals surface area (Å²) in [6.07, 6.45) is 1.93. The molecule has 0 bridgehead atoms. The average molecular weight is 399 g/mol. The standard InChI is InChI=1S/C24H25N5O/c1-17-22(18-8-3-2-4-9-18)23(30)29(15-20-11-6-5-10-19(20)14-25)24(27-17)28-13-7-12-21(26)16-28/h2-6,8-11,21H,7,12-13,15-16,26H2,1H3/t21-/m1/s1. The van der Waals surface area contributed by atoms with Gasteiger partial charge in [0, 0.05) is 19.1 Å². The Morgan fingerprint density at radius 2 is 1.90 bits per heavy atom. The molecule has 1 aliphatic heterocycles. The number of benzene rings is 2. The molecule has 0 saturated carbocycles. The highest BCUT2D eigenvalue weighted by Crippen LogP contribution is 2.24. The number of nitriles is 1. The number of rotatable bonds is 4. The van der Waals surface area contributed by atoms with E-state index in [0.29, 0.717) is 29.3 Å². The van der Waals surface area contributed by atoms with E-state index in [0.717, 1.165) is 30.5 Å². The van der Waals surface area contributed by atoms with Crippen LogP contribution in [-0.2, 0) is 6.54 Å². The highest BCUT2D eigenvalue weighted by atomic mass is 16.1. The van der Waals surface area contributed by atoms with Crippen molar-refractivity contribution in [1.82, 2.24) is 9.55 Å². The molecule has 30 heavy (non-hydrogen) atoms. The molecule has 152 valence electrons. The van der Waals surface area contributed by atoms with Crippen molar-refractivity contribution in [3.8, 4) is 17.2 Å². The van der Waals surface area contributed by atoms with E-state index in [9.17, 15) is 10.1 Å². The lowest BCUT2D eigenvalue weighted by Crippen LogP contribution is -2.45. The highest BCUT2D eigenvalue weighted by molar-refractivity contribution is 5.65. The molecule has 3 aromatic rings. The minimum atomic E-state index is -0.101. The predicted octanol–water partition coefficient (Wildman–Crippen LogP) is 3.07. The summed E-state index contributed by atoms with van der Waals surface area (Å²) in [5, 5.41) is 9.52. The van der Waals surface area contributed by atoms with E-state index >= 15 is 0 Å². The van der Waals surface area contributed by atoms with Crippen LogP contribution in [0, 0.1) is 18.3 Å². The van der Waals surface area contributed by atoms with Gasteiger partial charge in [-0.25, -0.2) is 4.98 Å². The number of piperidine rings is 1. The van der Waals surface area contributed by atoms with Crippen LogP contribution in [0.15, 0.2) is 59.4 Å². The number of aryl methyl sites for hydroxylation is 1. The number of nitrogens with two attached hydrogens (primary N) is 1. The van der Waals surface area contributed by atoms with Gasteiger partial charge in [0.1, 0.15) is 0 Å². The minimum Gasteiger partial charge on any atom is -0.341 e. The summed E-state index contributed by atoms with van der Waals surface area (Å²) >= 11 is 0. The Hall–Kier alpha value is -3.43. The monoisotopic (exact) mass is 399 g/mol. The van der Waals surface area contributed by atoms with E-state index in [1.54, 1.807) is 10.6 Å². The van der Waals surface area contributed by atoms with Crippen LogP contribution in [0.5, 0.6) is 0 Å². The van der Waals surface area contributed by atoms with E-state index < -0.39 is 0 Å². The Morgan fingerprint density at radius 1 is 1.17 bits per heavy atom. The molecular formula is C24H25N5O. The third-order valence-electron chi connectivity index (χ3n) is 5.60. The van der Waals surface area contributed by atoms with E-state index in [1.165, 1.54) is 0 Å². The third-order valence-corrected chi connectivity index (χ3v) is 5.60. The molecule has 6 nitrogen and oxygen atoms in total. The average Bonchev–Trinajstić information content (AvgIpc) is 2.76. The van der Waals surface area contributed by atoms with Gasteiger partial charge < -0.3 is 10.6 Å². The molecule has 4 rings (SSSR count). The van der Waals surface area contributed by atoms with Crippen LogP contribution >= 0.6 is 0 Å². The van der Waals surface area contributed by atoms with Gasteiger partial charge in [0.25, 0.3) is 5.56 Å². The largest absolute Gasteiger partial charge is 0.341 e. The van der Waals surface area contributed by atoms with E-state index in [4.69, 9.17) is 10.7 Å². The Labute approximate surface area is 176 Å². The van der Waals surface area contributed by atoms with Crippen LogP contribution in [0.1, 0.15) is 29.7 Å². The topological polar surface area (TPSA) is 87.9 Å². The lowest BCUT2D eigenvalue weighted by Gasteiger charge is -2.33. The van der Waals surface area contributed by atoms with Gasteiger partial charge in [-0.3, -0.25) is 9.36 Å². The molecule has 0 unspecified atom stereocenters. The number of anilines is 1. The summed E-state index contributed by atoms with van der Waals surface area (Å²) in [6, 6.07) is 19.3. The molecule has 0 aliphatic carbocycles. The zero-order chi connectivity index (χ0) is 21.1. The highest BCUT2D eigenvalue weighted by Gasteiger charge is 2.24. The number of nitrogens with zero attached hydrogens (tertiary/aromatic N) is 4. The second-order valence-corrected chi connectivity index (χ2v) is 7.75. The molecule has 1 aromatic heterocycles. The molecule has 2 heterocycles. The molecule has 1 saturated heterocycles. The molecular weight excluding hydrogens is 374 g/mol. The van der Waals surface area contributed by atoms with Gasteiger partial charge in [-0.1, -0.05) is 48.5 Å². The van der Waals surface area contributed by atoms with Crippen molar-refractivity contribution < 1.29 is 0 Å². The summed E-state index contributed by atoms with van der Waals surface area (Å²) in [6.45, 7) is 3.64. The first-order valence-corrected chi connectivity index (χ1v) is 10.2. The van der Waals surface area contributed by atoms with E-state index in [2.05, 4.69) is 11.0 Å². The minimum absolute atomic E-state index is 0.0598. The molecule has 2 aromatic carbocycles. The molecule has 2 N–H and O–H groups in total. The van der Waals surface area contributed by atoms with Crippen LogP contribution in [0.25, 0.3) is 11.1 Å². The fourth-order valence-electron chi connectivity index (χ4n) is 4.10. The van der Waals surface area contributed by atoms with Crippen LogP contribution in [-0.4, -0.2) is 28.7 Å². The smallest absolute Gasteiger partial charge is 0.263 e. The quantitative estimate of drug-likeness (QED) is 0.728. The van der Waals surface area contributed by atoms with Crippen molar-refractivity contribution in [3.05, 3.63) is 81.8 Å². The summed E-state index contributed by atoms with van der Waals surface area (Å²) in [7, 11) is 0. The fourth-order valence-corrected chi connectivity index (χ4v) is 4.10. The first-order valence-electron chi connectivity index (χ1n) is 10.2. The van der Waals surface area contributed by atoms with E-state index in [-0.39, 0.29) is 18.1 Å². The molecule has 1 atom stereocenters. The first-order chi connectivity index (χ1) is 14.6. The number of aromatic nitrogens is 2. The van der Waals surface area contributed by atoms with Gasteiger partial charge >= 0.3 is 0 Å². The normalized spacial score (nSPS) is 16.3. The maximum atomic E-state index is 13.7. The number of hydrogen-bond donors (Lipinski definition) is 1. The van der Waals surface area contributed by atoms with Crippen molar-refractivity contribution in [2.75, 3.05) is 18.0 Å². The van der Waals surface area contributed by atoms with Gasteiger partial charge in [0.15, 0.2) is 0 Å². The Bertz CT molecular complexity index is 1150. The second kappa shape index (κ2) is 8.52. The Morgan fingerprint density at radius 3 is 2.63 bits per heavy atom. The van der Waals surface area contributed by atoms with Gasteiger partial charge in [-0.2, -0.15) is 5.26 Å². The number of hydrogen-bond acceptors (Lipinski definition) is 5. The molecule has 1 aliphatic rings. The van der Waals surface area contributed by atoms with Crippen LogP contribution in [0.2, 0.25) is 0 Å². The summed E-state index contributed by atoms with van der Waals surface area (Å²) in [5.74, 6) is 0.625. The Kier molecular flexibility index (Phi) is 5.64. The van der Waals surface area contributed by atoms with Crippen LogP contribution in [0.3, 0.4) is 0 Å². The fraction of sp³-hybridized carbons (Fsp3) is 0.292. The van der Waals surface area contributed by atoms with Gasteiger partial charge in [0.05, 0.1) is 29.4 Å². The van der Waals surface area contributed by atoms with Crippen molar-refractivity contribution in [2.45, 2.75) is 32.4 Å². The van der Waals surface area contributed by atoms with Gasteiger partial charge in [0.2, 0.25) is 5.95 Å². The van der Waals surface area contributed by atoms with Crippen LogP contribution < -0.4 is 16.2 Å². The maximum Gasteiger partial charge on any atom is 0.263 e. The zero-order valence-electron chi connectivity index (χ0n) is 17.1. The molecule has 0 spiro atoms. The second-order valence-electron chi connectivity index (χ2n) is 7.75. The summed E-state index contributed by atoms with van der Waals surface area (Å²) in [5.41, 5.74) is 9.61. The zero-order valence-corrected chi connectivity index (χ0v) is 17.1. The van der Waals surface area contributed by atoms with Crippen LogP contribution in [0.4, 0.5) is 5.95 Å². The van der Waals surface area contributed by atoms with Crippen molar-refractivity contribution >= 4 is 5.95 Å². The lowest BCUT2D eigenvalue weighted by molar-refractivity contribution is 0.490. The third kappa shape index (κ3) is 3.85.